The number of hydrogen-bond acceptors (Lipinski definition) is 4. The van der Waals surface area contributed by atoms with Crippen molar-refractivity contribution in [3.63, 3.8) is 0 Å². The average molecular weight is 338 g/mol. The summed E-state index contributed by atoms with van der Waals surface area (Å²) in [6.07, 6.45) is 1.44. The van der Waals surface area contributed by atoms with Crippen LogP contribution in [0.3, 0.4) is 0 Å². The van der Waals surface area contributed by atoms with E-state index in [2.05, 4.69) is 10.3 Å². The third kappa shape index (κ3) is 2.96. The van der Waals surface area contributed by atoms with Crippen molar-refractivity contribution in [1.82, 2.24) is 14.1 Å². The number of hydrogen-bond donors (Lipinski definition) is 1. The molecule has 0 radical (unpaired) electrons. The third-order valence-corrected chi connectivity index (χ3v) is 4.25. The first kappa shape index (κ1) is 16.6. The van der Waals surface area contributed by atoms with Gasteiger partial charge in [0.1, 0.15) is 5.65 Å². The van der Waals surface area contributed by atoms with Crippen molar-refractivity contribution in [2.75, 3.05) is 5.32 Å². The summed E-state index contributed by atoms with van der Waals surface area (Å²) >= 11 is 0. The maximum Gasteiger partial charge on any atom is 0.332 e. The molecule has 0 spiro atoms. The fraction of sp³-hybridized carbons (Fsp3) is 0.222. The van der Waals surface area contributed by atoms with E-state index < -0.39 is 11.2 Å². The molecule has 2 aromatic heterocycles. The zero-order chi connectivity index (χ0) is 18.1. The zero-order valence-electron chi connectivity index (χ0n) is 14.2. The van der Waals surface area contributed by atoms with Crippen LogP contribution in [0.2, 0.25) is 0 Å². The molecule has 2 heterocycles. The van der Waals surface area contributed by atoms with E-state index in [1.165, 1.54) is 17.8 Å². The van der Waals surface area contributed by atoms with E-state index in [9.17, 15) is 14.4 Å². The minimum atomic E-state index is -0.446. The smallest absolute Gasteiger partial charge is 0.324 e. The van der Waals surface area contributed by atoms with E-state index in [1.807, 2.05) is 37.3 Å². The summed E-state index contributed by atoms with van der Waals surface area (Å²) < 4.78 is 2.32. The van der Waals surface area contributed by atoms with Crippen LogP contribution in [0.1, 0.15) is 18.4 Å². The molecule has 3 rings (SSSR count). The number of aryl methyl sites for hydroxylation is 1. The lowest BCUT2D eigenvalue weighted by molar-refractivity contribution is -0.117. The highest BCUT2D eigenvalue weighted by molar-refractivity contribution is 5.96. The van der Waals surface area contributed by atoms with Gasteiger partial charge in [-0.15, -0.1) is 0 Å². The van der Waals surface area contributed by atoms with Crippen LogP contribution < -0.4 is 16.6 Å². The normalized spacial score (nSPS) is 12.1. The molecule has 3 aromatic rings. The van der Waals surface area contributed by atoms with Crippen LogP contribution in [0.4, 0.5) is 5.69 Å². The van der Waals surface area contributed by atoms with Crippen LogP contribution in [0.5, 0.6) is 0 Å². The number of carbonyl (C=O) groups is 1. The van der Waals surface area contributed by atoms with Crippen LogP contribution in [-0.4, -0.2) is 20.0 Å². The van der Waals surface area contributed by atoms with Crippen molar-refractivity contribution < 1.29 is 4.79 Å². The number of anilines is 1. The lowest BCUT2D eigenvalue weighted by Gasteiger charge is -2.13. The van der Waals surface area contributed by atoms with Crippen LogP contribution in [0, 0.1) is 0 Å². The van der Waals surface area contributed by atoms with Gasteiger partial charge in [0.2, 0.25) is 5.91 Å². The van der Waals surface area contributed by atoms with Crippen molar-refractivity contribution in [1.29, 1.82) is 0 Å². The molecule has 128 valence electrons. The van der Waals surface area contributed by atoms with Crippen molar-refractivity contribution in [3.8, 4) is 0 Å². The molecule has 0 saturated carbocycles. The maximum absolute atomic E-state index is 12.4. The molecule has 1 atom stereocenters. The molecule has 0 fully saturated rings. The van der Waals surface area contributed by atoms with Gasteiger partial charge in [0.05, 0.1) is 23.2 Å². The Morgan fingerprint density at radius 1 is 1.12 bits per heavy atom. The number of amides is 1. The van der Waals surface area contributed by atoms with Gasteiger partial charge in [-0.3, -0.25) is 18.7 Å². The molecule has 7 nitrogen and oxygen atoms in total. The Balaban J connectivity index is 1.96. The van der Waals surface area contributed by atoms with E-state index >= 15 is 0 Å². The molecule has 0 aliphatic heterocycles. The SMILES string of the molecule is CC(C(=O)Nc1cnc2c(c1)c(=O)n(C)c(=O)n2C)c1ccccc1. The monoisotopic (exact) mass is 338 g/mol. The van der Waals surface area contributed by atoms with Crippen LogP contribution in [-0.2, 0) is 18.9 Å². The number of nitrogens with zero attached hydrogens (tertiary/aromatic N) is 3. The second kappa shape index (κ2) is 6.35. The number of aromatic nitrogens is 3. The number of fused-ring (bicyclic) bond motifs is 1. The van der Waals surface area contributed by atoms with Crippen LogP contribution >= 0.6 is 0 Å². The van der Waals surface area contributed by atoms with Gasteiger partial charge < -0.3 is 5.32 Å². The highest BCUT2D eigenvalue weighted by Gasteiger charge is 2.16. The molecule has 1 aromatic carbocycles. The Morgan fingerprint density at radius 2 is 1.80 bits per heavy atom. The van der Waals surface area contributed by atoms with Crippen molar-refractivity contribution in [2.45, 2.75) is 12.8 Å². The second-order valence-corrected chi connectivity index (χ2v) is 5.92. The van der Waals surface area contributed by atoms with Gasteiger partial charge in [0, 0.05) is 14.1 Å². The largest absolute Gasteiger partial charge is 0.332 e. The fourth-order valence-corrected chi connectivity index (χ4v) is 2.68. The Morgan fingerprint density at radius 3 is 2.48 bits per heavy atom. The quantitative estimate of drug-likeness (QED) is 0.781. The van der Waals surface area contributed by atoms with E-state index in [-0.39, 0.29) is 22.9 Å². The zero-order valence-corrected chi connectivity index (χ0v) is 14.2. The molecule has 7 heteroatoms. The Labute approximate surface area is 143 Å². The molecule has 1 unspecified atom stereocenters. The van der Waals surface area contributed by atoms with E-state index in [1.54, 1.807) is 13.1 Å². The molecule has 0 aliphatic rings. The van der Waals surface area contributed by atoms with Gasteiger partial charge in [-0.25, -0.2) is 9.78 Å². The molecule has 0 aliphatic carbocycles. The maximum atomic E-state index is 12.4. The van der Waals surface area contributed by atoms with E-state index in [0.717, 1.165) is 10.1 Å². The first-order chi connectivity index (χ1) is 11.9. The lowest BCUT2D eigenvalue weighted by atomic mass is 10.0. The molecular formula is C18H18N4O3. The predicted octanol–water partition coefficient (Wildman–Crippen LogP) is 1.37. The van der Waals surface area contributed by atoms with Crippen molar-refractivity contribution >= 4 is 22.6 Å². The number of benzene rings is 1. The van der Waals surface area contributed by atoms with Gasteiger partial charge in [-0.05, 0) is 18.6 Å². The average Bonchev–Trinajstić information content (AvgIpc) is 2.64. The number of rotatable bonds is 3. The summed E-state index contributed by atoms with van der Waals surface area (Å²) in [4.78, 5) is 40.8. The minimum Gasteiger partial charge on any atom is -0.324 e. The standard InChI is InChI=1S/C18H18N4O3/c1-11(12-7-5-4-6-8-12)16(23)20-13-9-14-15(19-10-13)21(2)18(25)22(3)17(14)24/h4-11H,1-3H3,(H,20,23). The van der Waals surface area contributed by atoms with E-state index in [0.29, 0.717) is 5.69 Å². The Bertz CT molecular complexity index is 1070. The fourth-order valence-electron chi connectivity index (χ4n) is 2.68. The lowest BCUT2D eigenvalue weighted by Crippen LogP contribution is -2.37. The summed E-state index contributed by atoms with van der Waals surface area (Å²) in [6.45, 7) is 1.81. The van der Waals surface area contributed by atoms with E-state index in [4.69, 9.17) is 0 Å². The highest BCUT2D eigenvalue weighted by atomic mass is 16.2. The minimum absolute atomic E-state index is 0.200. The van der Waals surface area contributed by atoms with Gasteiger partial charge in [0.25, 0.3) is 5.56 Å². The van der Waals surface area contributed by atoms with Gasteiger partial charge in [-0.2, -0.15) is 0 Å². The number of nitrogens with one attached hydrogen (secondary N) is 1. The van der Waals surface area contributed by atoms with Crippen LogP contribution in [0.25, 0.3) is 11.0 Å². The summed E-state index contributed by atoms with van der Waals surface area (Å²) in [5.41, 5.74) is 0.697. The topological polar surface area (TPSA) is 86.0 Å². The molecule has 1 amide bonds. The molecule has 25 heavy (non-hydrogen) atoms. The predicted molar refractivity (Wildman–Crippen MR) is 95.7 cm³/mol. The Kier molecular flexibility index (Phi) is 4.22. The third-order valence-electron chi connectivity index (χ3n) is 4.25. The van der Waals surface area contributed by atoms with Gasteiger partial charge in [0.15, 0.2) is 0 Å². The summed E-state index contributed by atoms with van der Waals surface area (Å²) in [5.74, 6) is -0.547. The Hall–Kier alpha value is -3.22. The summed E-state index contributed by atoms with van der Waals surface area (Å²) in [6, 6.07) is 11.0. The first-order valence-corrected chi connectivity index (χ1v) is 7.81. The first-order valence-electron chi connectivity index (χ1n) is 7.81. The number of carbonyl (C=O) groups excluding carboxylic acids is 1. The second-order valence-electron chi connectivity index (χ2n) is 5.92. The summed E-state index contributed by atoms with van der Waals surface area (Å²) in [7, 11) is 2.96. The molecule has 1 N–H and O–H groups in total. The van der Waals surface area contributed by atoms with Crippen molar-refractivity contribution in [3.05, 3.63) is 69.0 Å². The molecule has 0 saturated heterocycles. The number of pyridine rings is 1. The molecular weight excluding hydrogens is 320 g/mol. The van der Waals surface area contributed by atoms with Gasteiger partial charge in [-0.1, -0.05) is 30.3 Å². The summed E-state index contributed by atoms with van der Waals surface area (Å²) in [5, 5.41) is 3.05. The molecule has 0 bridgehead atoms. The van der Waals surface area contributed by atoms with Gasteiger partial charge >= 0.3 is 5.69 Å². The highest BCUT2D eigenvalue weighted by Crippen LogP contribution is 2.18. The van der Waals surface area contributed by atoms with Crippen molar-refractivity contribution in [2.24, 2.45) is 14.1 Å². The van der Waals surface area contributed by atoms with Crippen LogP contribution in [0.15, 0.2) is 52.2 Å².